The number of ether oxygens (including phenoxy) is 2. The van der Waals surface area contributed by atoms with E-state index in [0.717, 1.165) is 17.5 Å². The van der Waals surface area contributed by atoms with E-state index >= 15 is 0 Å². The Bertz CT molecular complexity index is 1040. The number of benzene rings is 1. The van der Waals surface area contributed by atoms with Crippen molar-refractivity contribution in [3.63, 3.8) is 0 Å². The number of carbonyl (C=O) groups excluding carboxylic acids is 2. The SMILES string of the molecule is COC(=O)c1cnc(-c2ccc(CN(CCc3ccccc3)C(=O)OC(C)(C)C)cn2)s1. The summed E-state index contributed by atoms with van der Waals surface area (Å²) in [5.41, 5.74) is 2.10. The van der Waals surface area contributed by atoms with Gasteiger partial charge in [0.2, 0.25) is 0 Å². The molecule has 0 aliphatic heterocycles. The Morgan fingerprint density at radius 1 is 1.00 bits per heavy atom. The Labute approximate surface area is 192 Å². The van der Waals surface area contributed by atoms with Crippen LogP contribution in [0.3, 0.4) is 0 Å². The number of aromatic nitrogens is 2. The minimum Gasteiger partial charge on any atom is -0.465 e. The zero-order valence-corrected chi connectivity index (χ0v) is 19.5. The zero-order chi connectivity index (χ0) is 23.1. The molecule has 2 aromatic heterocycles. The molecule has 2 heterocycles. The van der Waals surface area contributed by atoms with Gasteiger partial charge >= 0.3 is 12.1 Å². The fourth-order valence-corrected chi connectivity index (χ4v) is 3.73. The minimum atomic E-state index is -0.577. The first-order valence-corrected chi connectivity index (χ1v) is 11.1. The molecule has 0 spiro atoms. The molecule has 0 unspecified atom stereocenters. The highest BCUT2D eigenvalue weighted by Gasteiger charge is 2.22. The van der Waals surface area contributed by atoms with E-state index < -0.39 is 11.6 Å². The maximum atomic E-state index is 12.8. The Hall–Kier alpha value is -3.26. The molecular weight excluding hydrogens is 426 g/mol. The third kappa shape index (κ3) is 6.62. The Balaban J connectivity index is 1.72. The smallest absolute Gasteiger partial charge is 0.410 e. The maximum absolute atomic E-state index is 12.8. The fourth-order valence-electron chi connectivity index (χ4n) is 2.92. The van der Waals surface area contributed by atoms with Crippen molar-refractivity contribution in [2.24, 2.45) is 0 Å². The van der Waals surface area contributed by atoms with Crippen molar-refractivity contribution in [1.82, 2.24) is 14.9 Å². The highest BCUT2D eigenvalue weighted by molar-refractivity contribution is 7.16. The first kappa shape index (κ1) is 23.4. The Kier molecular flexibility index (Phi) is 7.58. The van der Waals surface area contributed by atoms with Gasteiger partial charge in [0.15, 0.2) is 0 Å². The summed E-state index contributed by atoms with van der Waals surface area (Å²) in [4.78, 5) is 35.3. The number of hydrogen-bond acceptors (Lipinski definition) is 7. The van der Waals surface area contributed by atoms with Gasteiger partial charge in [-0.25, -0.2) is 14.6 Å². The van der Waals surface area contributed by atoms with Gasteiger partial charge in [-0.3, -0.25) is 4.98 Å². The first-order chi connectivity index (χ1) is 15.2. The summed E-state index contributed by atoms with van der Waals surface area (Å²) in [6.45, 7) is 6.46. The van der Waals surface area contributed by atoms with Crippen LogP contribution in [0.15, 0.2) is 54.9 Å². The summed E-state index contributed by atoms with van der Waals surface area (Å²) in [6.07, 6.45) is 3.56. The second-order valence-electron chi connectivity index (χ2n) is 8.21. The van der Waals surface area contributed by atoms with E-state index in [-0.39, 0.29) is 6.09 Å². The highest BCUT2D eigenvalue weighted by atomic mass is 32.1. The normalized spacial score (nSPS) is 11.1. The molecule has 7 nitrogen and oxygen atoms in total. The van der Waals surface area contributed by atoms with Crippen LogP contribution in [0.2, 0.25) is 0 Å². The van der Waals surface area contributed by atoms with E-state index in [0.29, 0.717) is 28.7 Å². The van der Waals surface area contributed by atoms with Gasteiger partial charge < -0.3 is 14.4 Å². The highest BCUT2D eigenvalue weighted by Crippen LogP contribution is 2.24. The molecule has 0 saturated heterocycles. The summed E-state index contributed by atoms with van der Waals surface area (Å²) in [5.74, 6) is -0.420. The number of carbonyl (C=O) groups is 2. The summed E-state index contributed by atoms with van der Waals surface area (Å²) < 4.78 is 10.3. The number of thiazole rings is 1. The van der Waals surface area contributed by atoms with Gasteiger partial charge in [0, 0.05) is 12.7 Å². The summed E-state index contributed by atoms with van der Waals surface area (Å²) in [6, 6.07) is 13.8. The fraction of sp³-hybridized carbons (Fsp3) is 0.333. The first-order valence-electron chi connectivity index (χ1n) is 10.3. The average molecular weight is 454 g/mol. The summed E-state index contributed by atoms with van der Waals surface area (Å²) in [7, 11) is 1.34. The molecule has 1 amide bonds. The van der Waals surface area contributed by atoms with Crippen molar-refractivity contribution in [1.29, 1.82) is 0 Å². The third-order valence-corrected chi connectivity index (χ3v) is 5.47. The van der Waals surface area contributed by atoms with Gasteiger partial charge in [-0.15, -0.1) is 11.3 Å². The van der Waals surface area contributed by atoms with Crippen molar-refractivity contribution in [3.8, 4) is 10.7 Å². The van der Waals surface area contributed by atoms with Crippen molar-refractivity contribution in [2.75, 3.05) is 13.7 Å². The largest absolute Gasteiger partial charge is 0.465 e. The molecule has 3 aromatic rings. The van der Waals surface area contributed by atoms with Gasteiger partial charge in [0.05, 0.1) is 25.5 Å². The number of pyridine rings is 1. The Morgan fingerprint density at radius 3 is 2.38 bits per heavy atom. The lowest BCUT2D eigenvalue weighted by Crippen LogP contribution is -2.37. The van der Waals surface area contributed by atoms with E-state index in [2.05, 4.69) is 9.97 Å². The lowest BCUT2D eigenvalue weighted by Gasteiger charge is -2.27. The van der Waals surface area contributed by atoms with Crippen LogP contribution >= 0.6 is 11.3 Å². The minimum absolute atomic E-state index is 0.361. The van der Waals surface area contributed by atoms with Crippen LogP contribution in [0, 0.1) is 0 Å². The van der Waals surface area contributed by atoms with Crippen LogP contribution in [0.25, 0.3) is 10.7 Å². The van der Waals surface area contributed by atoms with Gasteiger partial charge in [-0.2, -0.15) is 0 Å². The van der Waals surface area contributed by atoms with Crippen molar-refractivity contribution in [3.05, 3.63) is 70.9 Å². The van der Waals surface area contributed by atoms with Crippen LogP contribution in [0.5, 0.6) is 0 Å². The molecule has 0 radical (unpaired) electrons. The quantitative estimate of drug-likeness (QED) is 0.470. The molecular formula is C24H27N3O4S. The number of rotatable bonds is 7. The van der Waals surface area contributed by atoms with Gasteiger partial charge in [-0.05, 0) is 44.4 Å². The van der Waals surface area contributed by atoms with Crippen LogP contribution in [0.1, 0.15) is 41.6 Å². The van der Waals surface area contributed by atoms with Gasteiger partial charge in [0.1, 0.15) is 15.5 Å². The number of methoxy groups -OCH3 is 1. The molecule has 0 fully saturated rings. The van der Waals surface area contributed by atoms with E-state index in [1.807, 2.05) is 63.2 Å². The molecule has 0 N–H and O–H groups in total. The van der Waals surface area contributed by atoms with E-state index in [1.165, 1.54) is 24.6 Å². The standard InChI is InChI=1S/C24H27N3O4S/c1-24(2,3)31-23(29)27(13-12-17-8-6-5-7-9-17)16-18-10-11-19(25-14-18)21-26-15-20(32-21)22(28)30-4/h5-11,14-15H,12-13,16H2,1-4H3. The van der Waals surface area contributed by atoms with Crippen molar-refractivity contribution < 1.29 is 19.1 Å². The molecule has 32 heavy (non-hydrogen) atoms. The second kappa shape index (κ2) is 10.4. The van der Waals surface area contributed by atoms with Crippen LogP contribution in [-0.2, 0) is 22.4 Å². The van der Waals surface area contributed by atoms with Gasteiger partial charge in [-0.1, -0.05) is 36.4 Å². The summed E-state index contributed by atoms with van der Waals surface area (Å²) >= 11 is 1.22. The second-order valence-corrected chi connectivity index (χ2v) is 9.24. The molecule has 0 bridgehead atoms. The van der Waals surface area contributed by atoms with E-state index in [1.54, 1.807) is 11.1 Å². The molecule has 3 rings (SSSR count). The number of amides is 1. The monoisotopic (exact) mass is 453 g/mol. The molecule has 1 aromatic carbocycles. The topological polar surface area (TPSA) is 81.6 Å². The molecule has 0 aliphatic rings. The average Bonchev–Trinajstić information content (AvgIpc) is 3.26. The molecule has 0 atom stereocenters. The maximum Gasteiger partial charge on any atom is 0.410 e. The molecule has 0 aliphatic carbocycles. The molecule has 168 valence electrons. The predicted molar refractivity (Wildman–Crippen MR) is 123 cm³/mol. The Morgan fingerprint density at radius 2 is 1.75 bits per heavy atom. The lowest BCUT2D eigenvalue weighted by molar-refractivity contribution is 0.0235. The van der Waals surface area contributed by atoms with E-state index in [4.69, 9.17) is 9.47 Å². The predicted octanol–water partition coefficient (Wildman–Crippen LogP) is 4.97. The summed E-state index contributed by atoms with van der Waals surface area (Å²) in [5, 5.41) is 0.630. The number of nitrogens with zero attached hydrogens (tertiary/aromatic N) is 3. The molecule has 0 saturated carbocycles. The van der Waals surface area contributed by atoms with Gasteiger partial charge in [0.25, 0.3) is 0 Å². The van der Waals surface area contributed by atoms with Crippen LogP contribution in [-0.4, -0.2) is 46.2 Å². The van der Waals surface area contributed by atoms with Crippen molar-refractivity contribution >= 4 is 23.4 Å². The zero-order valence-electron chi connectivity index (χ0n) is 18.7. The molecule has 8 heteroatoms. The third-order valence-electron chi connectivity index (χ3n) is 4.47. The van der Waals surface area contributed by atoms with Crippen molar-refractivity contribution in [2.45, 2.75) is 39.3 Å². The number of hydrogen-bond donors (Lipinski definition) is 0. The number of esters is 1. The van der Waals surface area contributed by atoms with Crippen LogP contribution in [0.4, 0.5) is 4.79 Å². The lowest BCUT2D eigenvalue weighted by atomic mass is 10.1. The van der Waals surface area contributed by atoms with E-state index in [9.17, 15) is 9.59 Å². The van der Waals surface area contributed by atoms with Crippen LogP contribution < -0.4 is 0 Å².